The molecule has 0 aliphatic carbocycles. The molecular formula is C13H18N6O4. The minimum atomic E-state index is -0.489. The summed E-state index contributed by atoms with van der Waals surface area (Å²) in [4.78, 5) is 30.5. The first-order chi connectivity index (χ1) is 11.0. The highest BCUT2D eigenvalue weighted by molar-refractivity contribution is 5.90. The van der Waals surface area contributed by atoms with Gasteiger partial charge in [0.2, 0.25) is 11.9 Å². The smallest absolute Gasteiger partial charge is 0.282 e. The monoisotopic (exact) mass is 322 g/mol. The van der Waals surface area contributed by atoms with Gasteiger partial charge < -0.3 is 9.84 Å². The Morgan fingerprint density at radius 2 is 2.30 bits per heavy atom. The van der Waals surface area contributed by atoms with E-state index in [4.69, 9.17) is 9.84 Å². The number of carbonyl (C=O) groups excluding carboxylic acids is 1. The summed E-state index contributed by atoms with van der Waals surface area (Å²) in [5.74, 6) is -0.465. The predicted molar refractivity (Wildman–Crippen MR) is 79.6 cm³/mol. The van der Waals surface area contributed by atoms with Crippen molar-refractivity contribution in [2.24, 2.45) is 5.92 Å². The number of aliphatic hydroxyl groups excluding tert-OH is 1. The van der Waals surface area contributed by atoms with E-state index in [0.29, 0.717) is 12.8 Å². The fourth-order valence-electron chi connectivity index (χ4n) is 2.36. The van der Waals surface area contributed by atoms with Gasteiger partial charge in [0.1, 0.15) is 0 Å². The summed E-state index contributed by atoms with van der Waals surface area (Å²) in [6.07, 6.45) is 0.607. The van der Waals surface area contributed by atoms with E-state index in [1.807, 2.05) is 0 Å². The molecule has 2 atom stereocenters. The van der Waals surface area contributed by atoms with Crippen LogP contribution in [-0.2, 0) is 9.53 Å². The number of aromatic amines is 1. The third-order valence-corrected chi connectivity index (χ3v) is 3.66. The Kier molecular flexibility index (Phi) is 4.09. The number of aromatic nitrogens is 5. The van der Waals surface area contributed by atoms with Gasteiger partial charge in [-0.3, -0.25) is 19.9 Å². The molecule has 23 heavy (non-hydrogen) atoms. The van der Waals surface area contributed by atoms with Crippen LogP contribution < -0.4 is 10.9 Å². The molecule has 124 valence electrons. The van der Waals surface area contributed by atoms with Gasteiger partial charge >= 0.3 is 0 Å². The molecule has 2 aromatic rings. The van der Waals surface area contributed by atoms with Crippen LogP contribution in [0.1, 0.15) is 32.9 Å². The van der Waals surface area contributed by atoms with Crippen molar-refractivity contribution in [2.75, 3.05) is 11.9 Å². The maximum atomic E-state index is 12.1. The second-order valence-corrected chi connectivity index (χ2v) is 5.74. The largest absolute Gasteiger partial charge is 0.394 e. The molecule has 1 aliphatic rings. The summed E-state index contributed by atoms with van der Waals surface area (Å²) in [5, 5.41) is 19.4. The van der Waals surface area contributed by atoms with Crippen LogP contribution in [0.4, 0.5) is 5.95 Å². The van der Waals surface area contributed by atoms with Gasteiger partial charge in [-0.1, -0.05) is 19.1 Å². The van der Waals surface area contributed by atoms with E-state index in [2.05, 4.69) is 25.6 Å². The number of nitrogens with one attached hydrogen (secondary N) is 2. The third-order valence-electron chi connectivity index (χ3n) is 3.66. The lowest BCUT2D eigenvalue weighted by Crippen LogP contribution is -2.22. The van der Waals surface area contributed by atoms with Gasteiger partial charge in [-0.05, 0) is 12.8 Å². The summed E-state index contributed by atoms with van der Waals surface area (Å²) in [6.45, 7) is 3.39. The number of hydrogen-bond acceptors (Lipinski definition) is 7. The Morgan fingerprint density at radius 1 is 1.52 bits per heavy atom. The summed E-state index contributed by atoms with van der Waals surface area (Å²) in [5.41, 5.74) is -0.183. The number of H-pyrrole nitrogens is 1. The van der Waals surface area contributed by atoms with Crippen molar-refractivity contribution in [1.82, 2.24) is 25.0 Å². The molecule has 1 aliphatic heterocycles. The second kappa shape index (κ2) is 6.05. The van der Waals surface area contributed by atoms with Crippen molar-refractivity contribution in [1.29, 1.82) is 0 Å². The van der Waals surface area contributed by atoms with Gasteiger partial charge in [0.05, 0.1) is 12.7 Å². The summed E-state index contributed by atoms with van der Waals surface area (Å²) in [6, 6.07) is 0. The van der Waals surface area contributed by atoms with E-state index in [9.17, 15) is 9.59 Å². The molecule has 0 radical (unpaired) electrons. The molecule has 2 aromatic heterocycles. The number of aliphatic hydroxyl groups is 1. The van der Waals surface area contributed by atoms with E-state index in [-0.39, 0.29) is 41.6 Å². The molecular weight excluding hydrogens is 304 g/mol. The number of ether oxygens (including phenoxy) is 1. The average molecular weight is 322 g/mol. The van der Waals surface area contributed by atoms with Crippen molar-refractivity contribution in [2.45, 2.75) is 39.0 Å². The number of hydrogen-bond donors (Lipinski definition) is 3. The van der Waals surface area contributed by atoms with Crippen molar-refractivity contribution >= 4 is 23.0 Å². The molecule has 1 fully saturated rings. The van der Waals surface area contributed by atoms with E-state index in [0.717, 1.165) is 0 Å². The number of amides is 1. The molecule has 10 heteroatoms. The van der Waals surface area contributed by atoms with Gasteiger partial charge in [0.15, 0.2) is 17.4 Å². The second-order valence-electron chi connectivity index (χ2n) is 5.74. The Balaban J connectivity index is 1.96. The highest BCUT2D eigenvalue weighted by Gasteiger charge is 2.29. The number of carbonyl (C=O) groups is 1. The van der Waals surface area contributed by atoms with Crippen molar-refractivity contribution < 1.29 is 14.6 Å². The zero-order valence-corrected chi connectivity index (χ0v) is 12.8. The maximum absolute atomic E-state index is 12.1. The summed E-state index contributed by atoms with van der Waals surface area (Å²) < 4.78 is 7.04. The van der Waals surface area contributed by atoms with E-state index in [1.54, 1.807) is 13.8 Å². The standard InChI is InChI=1S/C13H18N6O4/c1-6(2)11(21)15-13-14-10-9(12(22)16-13)17-18-19(10)8-4-3-7(5-20)23-8/h6-8,20H,3-5H2,1-2H3,(H2,14,15,16,21,22)/t7-,8+/m0/s1. The van der Waals surface area contributed by atoms with Crippen molar-refractivity contribution in [3.8, 4) is 0 Å². The van der Waals surface area contributed by atoms with Crippen LogP contribution in [0.25, 0.3) is 11.2 Å². The van der Waals surface area contributed by atoms with Gasteiger partial charge in [-0.25, -0.2) is 0 Å². The first kappa shape index (κ1) is 15.6. The van der Waals surface area contributed by atoms with Crippen LogP contribution in [0, 0.1) is 5.92 Å². The number of fused-ring (bicyclic) bond motifs is 1. The Hall–Kier alpha value is -2.33. The maximum Gasteiger partial charge on any atom is 0.282 e. The number of anilines is 1. The minimum Gasteiger partial charge on any atom is -0.394 e. The van der Waals surface area contributed by atoms with Crippen molar-refractivity contribution in [3.63, 3.8) is 0 Å². The van der Waals surface area contributed by atoms with E-state index >= 15 is 0 Å². The van der Waals surface area contributed by atoms with Gasteiger partial charge in [-0.15, -0.1) is 5.10 Å². The lowest BCUT2D eigenvalue weighted by molar-refractivity contribution is -0.118. The molecule has 0 saturated carbocycles. The van der Waals surface area contributed by atoms with E-state index in [1.165, 1.54) is 4.68 Å². The van der Waals surface area contributed by atoms with E-state index < -0.39 is 11.8 Å². The topological polar surface area (TPSA) is 135 Å². The fraction of sp³-hybridized carbons (Fsp3) is 0.615. The first-order valence-electron chi connectivity index (χ1n) is 7.42. The molecule has 0 spiro atoms. The summed E-state index contributed by atoms with van der Waals surface area (Å²) in [7, 11) is 0. The van der Waals surface area contributed by atoms with Crippen LogP contribution >= 0.6 is 0 Å². The predicted octanol–water partition coefficient (Wildman–Crippen LogP) is -0.221. The quantitative estimate of drug-likeness (QED) is 0.708. The fourth-order valence-corrected chi connectivity index (χ4v) is 2.36. The molecule has 3 heterocycles. The average Bonchev–Trinajstić information content (AvgIpc) is 3.12. The SMILES string of the molecule is CC(C)C(=O)Nc1nc2c(nnn2[C@H]2CC[C@@H](CO)O2)c(=O)[nH]1. The van der Waals surface area contributed by atoms with Crippen LogP contribution in [0.5, 0.6) is 0 Å². The normalized spacial score (nSPS) is 21.2. The summed E-state index contributed by atoms with van der Waals surface area (Å²) >= 11 is 0. The third kappa shape index (κ3) is 2.94. The van der Waals surface area contributed by atoms with Gasteiger partial charge in [0, 0.05) is 5.92 Å². The molecule has 1 amide bonds. The van der Waals surface area contributed by atoms with Crippen LogP contribution in [0.15, 0.2) is 4.79 Å². The van der Waals surface area contributed by atoms with Crippen LogP contribution in [-0.4, -0.2) is 48.7 Å². The molecule has 1 saturated heterocycles. The minimum absolute atomic E-state index is 0.0430. The highest BCUT2D eigenvalue weighted by atomic mass is 16.5. The molecule has 3 rings (SSSR count). The lowest BCUT2D eigenvalue weighted by atomic mass is 10.2. The molecule has 0 bridgehead atoms. The first-order valence-corrected chi connectivity index (χ1v) is 7.42. The Bertz CT molecular complexity index is 782. The molecule has 0 unspecified atom stereocenters. The Labute approximate surface area is 130 Å². The Morgan fingerprint density at radius 3 is 2.96 bits per heavy atom. The zero-order valence-electron chi connectivity index (χ0n) is 12.8. The highest BCUT2D eigenvalue weighted by Crippen LogP contribution is 2.28. The van der Waals surface area contributed by atoms with Gasteiger partial charge in [0.25, 0.3) is 5.56 Å². The molecule has 3 N–H and O–H groups in total. The van der Waals surface area contributed by atoms with Crippen LogP contribution in [0.3, 0.4) is 0 Å². The van der Waals surface area contributed by atoms with Gasteiger partial charge in [-0.2, -0.15) is 9.67 Å². The lowest BCUT2D eigenvalue weighted by Gasteiger charge is -2.12. The van der Waals surface area contributed by atoms with Crippen molar-refractivity contribution in [3.05, 3.63) is 10.4 Å². The molecule has 10 nitrogen and oxygen atoms in total. The number of rotatable bonds is 4. The number of nitrogens with zero attached hydrogens (tertiary/aromatic N) is 4. The molecule has 0 aromatic carbocycles. The zero-order chi connectivity index (χ0) is 16.6. The van der Waals surface area contributed by atoms with Crippen LogP contribution in [0.2, 0.25) is 0 Å².